The van der Waals surface area contributed by atoms with E-state index in [-0.39, 0.29) is 5.91 Å². The number of carbonyl (C=O) groups excluding carboxylic acids is 1. The molecule has 3 rings (SSSR count). The van der Waals surface area contributed by atoms with Gasteiger partial charge in [-0.3, -0.25) is 4.79 Å². The Hall–Kier alpha value is -2.56. The van der Waals surface area contributed by atoms with Gasteiger partial charge in [0.15, 0.2) is 0 Å². The van der Waals surface area contributed by atoms with Gasteiger partial charge in [0.2, 0.25) is 0 Å². The van der Waals surface area contributed by atoms with Gasteiger partial charge in [0.05, 0.1) is 5.56 Å². The van der Waals surface area contributed by atoms with E-state index in [1.54, 1.807) is 12.3 Å². The number of pyridine rings is 1. The van der Waals surface area contributed by atoms with E-state index >= 15 is 0 Å². The first-order valence-corrected chi connectivity index (χ1v) is 9.09. The molecule has 1 aromatic heterocycles. The lowest BCUT2D eigenvalue weighted by molar-refractivity contribution is 0.0955. The van der Waals surface area contributed by atoms with Crippen LogP contribution >= 0.6 is 0 Å². The van der Waals surface area contributed by atoms with Crippen LogP contribution < -0.4 is 15.5 Å². The maximum Gasteiger partial charge on any atom is 0.252 e. The number of nitrogens with one attached hydrogen (secondary N) is 2. The summed E-state index contributed by atoms with van der Waals surface area (Å²) in [6, 6.07) is 12.2. The van der Waals surface area contributed by atoms with Gasteiger partial charge in [-0.25, -0.2) is 4.98 Å². The van der Waals surface area contributed by atoms with E-state index in [0.717, 1.165) is 25.5 Å². The molecule has 25 heavy (non-hydrogen) atoms. The van der Waals surface area contributed by atoms with Crippen LogP contribution in [-0.2, 0) is 6.54 Å². The lowest BCUT2D eigenvalue weighted by Gasteiger charge is -2.30. The molecule has 1 aromatic carbocycles. The number of para-hydroxylation sites is 1. The molecule has 0 radical (unpaired) electrons. The molecule has 0 unspecified atom stereocenters. The Bertz CT molecular complexity index is 693. The average molecular weight is 338 g/mol. The van der Waals surface area contributed by atoms with Crippen LogP contribution in [0.1, 0.15) is 42.1 Å². The number of hydrogen-bond donors (Lipinski definition) is 2. The number of aromatic nitrogens is 1. The standard InChI is InChI=1S/C20H26N4O/c1-2-21-20(25)17-10-11-19(23-15-17)22-14-16-8-4-5-9-18(16)24-12-6-3-7-13-24/h4-5,8-11,15H,2-3,6-7,12-14H2,1H3,(H,21,25)(H,22,23). The molecule has 5 heteroatoms. The highest BCUT2D eigenvalue weighted by Gasteiger charge is 2.14. The monoisotopic (exact) mass is 338 g/mol. The summed E-state index contributed by atoms with van der Waals surface area (Å²) in [5.74, 6) is 0.693. The van der Waals surface area contributed by atoms with Crippen molar-refractivity contribution in [2.75, 3.05) is 29.9 Å². The molecule has 2 aromatic rings. The van der Waals surface area contributed by atoms with Gasteiger partial charge in [0.25, 0.3) is 5.91 Å². The molecule has 2 N–H and O–H groups in total. The molecule has 1 saturated heterocycles. The number of piperidine rings is 1. The topological polar surface area (TPSA) is 57.3 Å². The average Bonchev–Trinajstić information content (AvgIpc) is 2.68. The smallest absolute Gasteiger partial charge is 0.252 e. The first kappa shape index (κ1) is 17.3. The van der Waals surface area contributed by atoms with Gasteiger partial charge in [-0.15, -0.1) is 0 Å². The Morgan fingerprint density at radius 2 is 1.92 bits per heavy atom. The van der Waals surface area contributed by atoms with Gasteiger partial charge in [-0.05, 0) is 49.9 Å². The summed E-state index contributed by atoms with van der Waals surface area (Å²) >= 11 is 0. The van der Waals surface area contributed by atoms with Crippen molar-refractivity contribution in [1.29, 1.82) is 0 Å². The number of anilines is 2. The second-order valence-corrected chi connectivity index (χ2v) is 6.32. The van der Waals surface area contributed by atoms with E-state index in [1.165, 1.54) is 30.5 Å². The number of hydrogen-bond acceptors (Lipinski definition) is 4. The second-order valence-electron chi connectivity index (χ2n) is 6.32. The van der Waals surface area contributed by atoms with Crippen molar-refractivity contribution >= 4 is 17.4 Å². The van der Waals surface area contributed by atoms with Crippen LogP contribution in [-0.4, -0.2) is 30.5 Å². The Kier molecular flexibility index (Phi) is 5.88. The van der Waals surface area contributed by atoms with Crippen molar-refractivity contribution in [3.05, 3.63) is 53.7 Å². The van der Waals surface area contributed by atoms with Crippen molar-refractivity contribution in [1.82, 2.24) is 10.3 Å². The summed E-state index contributed by atoms with van der Waals surface area (Å²) < 4.78 is 0. The number of amides is 1. The van der Waals surface area contributed by atoms with Crippen molar-refractivity contribution < 1.29 is 4.79 Å². The number of carbonyl (C=O) groups is 1. The Balaban J connectivity index is 1.64. The van der Waals surface area contributed by atoms with Crippen LogP contribution in [0.5, 0.6) is 0 Å². The molecule has 1 aliphatic heterocycles. The highest BCUT2D eigenvalue weighted by Crippen LogP contribution is 2.24. The van der Waals surface area contributed by atoms with Gasteiger partial charge in [0, 0.05) is 38.1 Å². The lowest BCUT2D eigenvalue weighted by Crippen LogP contribution is -2.30. The molecular formula is C20H26N4O. The first-order chi connectivity index (χ1) is 12.3. The highest BCUT2D eigenvalue weighted by atomic mass is 16.1. The van der Waals surface area contributed by atoms with Crippen LogP contribution in [0.4, 0.5) is 11.5 Å². The third kappa shape index (κ3) is 4.50. The Morgan fingerprint density at radius 1 is 1.12 bits per heavy atom. The maximum atomic E-state index is 11.8. The normalized spacial score (nSPS) is 14.2. The zero-order valence-electron chi connectivity index (χ0n) is 14.8. The second kappa shape index (κ2) is 8.51. The molecule has 0 bridgehead atoms. The Morgan fingerprint density at radius 3 is 2.64 bits per heavy atom. The minimum absolute atomic E-state index is 0.0861. The summed E-state index contributed by atoms with van der Waals surface area (Å²) in [5.41, 5.74) is 3.17. The molecule has 1 amide bonds. The first-order valence-electron chi connectivity index (χ1n) is 9.09. The van der Waals surface area contributed by atoms with Crippen LogP contribution in [0.15, 0.2) is 42.6 Å². The van der Waals surface area contributed by atoms with E-state index in [4.69, 9.17) is 0 Å². The summed E-state index contributed by atoms with van der Waals surface area (Å²) in [5, 5.41) is 6.15. The summed E-state index contributed by atoms with van der Waals surface area (Å²) in [6.07, 6.45) is 5.48. The SMILES string of the molecule is CCNC(=O)c1ccc(NCc2ccccc2N2CCCCC2)nc1. The number of nitrogens with zero attached hydrogens (tertiary/aromatic N) is 2. The van der Waals surface area contributed by atoms with Gasteiger partial charge in [-0.2, -0.15) is 0 Å². The van der Waals surface area contributed by atoms with E-state index in [0.29, 0.717) is 12.1 Å². The molecule has 132 valence electrons. The third-order valence-corrected chi connectivity index (χ3v) is 4.51. The molecule has 0 atom stereocenters. The van der Waals surface area contributed by atoms with Gasteiger partial charge in [0.1, 0.15) is 5.82 Å². The summed E-state index contributed by atoms with van der Waals surface area (Å²) in [7, 11) is 0. The molecule has 2 heterocycles. The quantitative estimate of drug-likeness (QED) is 0.847. The number of rotatable bonds is 6. The van der Waals surface area contributed by atoms with Gasteiger partial charge < -0.3 is 15.5 Å². The molecule has 0 saturated carbocycles. The largest absolute Gasteiger partial charge is 0.371 e. The van der Waals surface area contributed by atoms with E-state index < -0.39 is 0 Å². The Labute approximate surface area is 149 Å². The molecule has 1 fully saturated rings. The minimum atomic E-state index is -0.0861. The summed E-state index contributed by atoms with van der Waals surface area (Å²) in [4.78, 5) is 18.6. The van der Waals surface area contributed by atoms with E-state index in [2.05, 4.69) is 44.8 Å². The molecule has 0 aliphatic carbocycles. The minimum Gasteiger partial charge on any atom is -0.371 e. The van der Waals surface area contributed by atoms with Crippen molar-refractivity contribution in [3.8, 4) is 0 Å². The van der Waals surface area contributed by atoms with E-state index in [9.17, 15) is 4.79 Å². The summed E-state index contributed by atoms with van der Waals surface area (Å²) in [6.45, 7) is 5.51. The molecule has 1 aliphatic rings. The van der Waals surface area contributed by atoms with Crippen molar-refractivity contribution in [2.24, 2.45) is 0 Å². The fraction of sp³-hybridized carbons (Fsp3) is 0.400. The predicted molar refractivity (Wildman–Crippen MR) is 102 cm³/mol. The maximum absolute atomic E-state index is 11.8. The van der Waals surface area contributed by atoms with Crippen molar-refractivity contribution in [3.63, 3.8) is 0 Å². The van der Waals surface area contributed by atoms with Gasteiger partial charge in [-0.1, -0.05) is 18.2 Å². The molecule has 0 spiro atoms. The predicted octanol–water partition coefficient (Wildman–Crippen LogP) is 3.43. The molecule has 5 nitrogen and oxygen atoms in total. The fourth-order valence-electron chi connectivity index (χ4n) is 3.18. The van der Waals surface area contributed by atoms with Crippen LogP contribution in [0.3, 0.4) is 0 Å². The van der Waals surface area contributed by atoms with E-state index in [1.807, 2.05) is 13.0 Å². The lowest BCUT2D eigenvalue weighted by atomic mass is 10.1. The zero-order chi connectivity index (χ0) is 17.5. The third-order valence-electron chi connectivity index (χ3n) is 4.51. The van der Waals surface area contributed by atoms with Gasteiger partial charge >= 0.3 is 0 Å². The van der Waals surface area contributed by atoms with Crippen molar-refractivity contribution in [2.45, 2.75) is 32.7 Å². The molecular weight excluding hydrogens is 312 g/mol. The van der Waals surface area contributed by atoms with Crippen LogP contribution in [0.2, 0.25) is 0 Å². The van der Waals surface area contributed by atoms with Crippen LogP contribution in [0.25, 0.3) is 0 Å². The zero-order valence-corrected chi connectivity index (χ0v) is 14.8. The highest BCUT2D eigenvalue weighted by molar-refractivity contribution is 5.93. The number of benzene rings is 1. The van der Waals surface area contributed by atoms with Crippen LogP contribution in [0, 0.1) is 0 Å². The fourth-order valence-corrected chi connectivity index (χ4v) is 3.18.